The molecule has 0 atom stereocenters. The first-order chi connectivity index (χ1) is 8.95. The highest BCUT2D eigenvalue weighted by Gasteiger charge is 2.11. The zero-order valence-corrected chi connectivity index (χ0v) is 11.7. The Morgan fingerprint density at radius 3 is 2.63 bits per heavy atom. The molecule has 0 aliphatic rings. The van der Waals surface area contributed by atoms with Gasteiger partial charge >= 0.3 is 0 Å². The second-order valence-corrected chi connectivity index (χ2v) is 4.69. The number of amides is 1. The quantitative estimate of drug-likeness (QED) is 0.643. The first-order valence-electron chi connectivity index (χ1n) is 6.19. The first kappa shape index (κ1) is 14.8. The van der Waals surface area contributed by atoms with Gasteiger partial charge in [0, 0.05) is 17.9 Å². The van der Waals surface area contributed by atoms with Crippen LogP contribution in [0.2, 0.25) is 0 Å². The standard InChI is InChI=1S/C15H19N3O/c1-10(2)17-9-13(8-16)15(19)18-14-7-5-6-11(3)12(14)4/h5-7,9-10,17H,1-4H3,(H,18,19)/b13-9-. The molecule has 0 bridgehead atoms. The summed E-state index contributed by atoms with van der Waals surface area (Å²) in [5.41, 5.74) is 2.90. The molecule has 1 aromatic carbocycles. The number of aryl methyl sites for hydroxylation is 1. The van der Waals surface area contributed by atoms with Crippen molar-refractivity contribution >= 4 is 11.6 Å². The fourth-order valence-electron chi connectivity index (χ4n) is 1.47. The predicted molar refractivity (Wildman–Crippen MR) is 76.5 cm³/mol. The topological polar surface area (TPSA) is 64.9 Å². The molecular formula is C15H19N3O. The molecule has 4 heteroatoms. The van der Waals surface area contributed by atoms with Crippen LogP contribution in [0.25, 0.3) is 0 Å². The Bertz CT molecular complexity index is 539. The lowest BCUT2D eigenvalue weighted by Gasteiger charge is -2.10. The fraction of sp³-hybridized carbons (Fsp3) is 0.333. The maximum absolute atomic E-state index is 12.0. The van der Waals surface area contributed by atoms with Crippen molar-refractivity contribution in [1.29, 1.82) is 5.26 Å². The molecule has 0 unspecified atom stereocenters. The third-order valence-corrected chi connectivity index (χ3v) is 2.78. The molecule has 2 N–H and O–H groups in total. The largest absolute Gasteiger partial charge is 0.387 e. The van der Waals surface area contributed by atoms with Gasteiger partial charge in [-0.15, -0.1) is 0 Å². The number of carbonyl (C=O) groups excluding carboxylic acids is 1. The maximum atomic E-state index is 12.0. The highest BCUT2D eigenvalue weighted by Crippen LogP contribution is 2.18. The third-order valence-electron chi connectivity index (χ3n) is 2.78. The number of rotatable bonds is 4. The van der Waals surface area contributed by atoms with Crippen LogP contribution < -0.4 is 10.6 Å². The van der Waals surface area contributed by atoms with Crippen LogP contribution >= 0.6 is 0 Å². The Morgan fingerprint density at radius 1 is 1.37 bits per heavy atom. The van der Waals surface area contributed by atoms with Gasteiger partial charge in [-0.05, 0) is 44.9 Å². The van der Waals surface area contributed by atoms with Gasteiger partial charge in [0.2, 0.25) is 0 Å². The van der Waals surface area contributed by atoms with Crippen LogP contribution in [0.4, 0.5) is 5.69 Å². The Morgan fingerprint density at radius 2 is 2.05 bits per heavy atom. The summed E-state index contributed by atoms with van der Waals surface area (Å²) in [6.45, 7) is 7.79. The van der Waals surface area contributed by atoms with Crippen LogP contribution in [0.3, 0.4) is 0 Å². The number of nitrogens with one attached hydrogen (secondary N) is 2. The van der Waals surface area contributed by atoms with E-state index in [0.717, 1.165) is 16.8 Å². The lowest BCUT2D eigenvalue weighted by Crippen LogP contribution is -2.21. The van der Waals surface area contributed by atoms with E-state index in [0.29, 0.717) is 0 Å². The molecule has 0 saturated heterocycles. The fourth-order valence-corrected chi connectivity index (χ4v) is 1.47. The summed E-state index contributed by atoms with van der Waals surface area (Å²) in [6.07, 6.45) is 1.45. The zero-order chi connectivity index (χ0) is 14.4. The van der Waals surface area contributed by atoms with Crippen LogP contribution in [0.1, 0.15) is 25.0 Å². The Balaban J connectivity index is 2.87. The van der Waals surface area contributed by atoms with Crippen molar-refractivity contribution in [2.75, 3.05) is 5.32 Å². The SMILES string of the molecule is Cc1cccc(NC(=O)/C(C#N)=C\NC(C)C)c1C. The molecule has 0 aliphatic heterocycles. The van der Waals surface area contributed by atoms with Gasteiger partial charge in [-0.1, -0.05) is 12.1 Å². The second kappa shape index (κ2) is 6.60. The molecule has 0 fully saturated rings. The van der Waals surface area contributed by atoms with Crippen LogP contribution in [0, 0.1) is 25.2 Å². The lowest BCUT2D eigenvalue weighted by atomic mass is 10.1. The number of hydrogen-bond acceptors (Lipinski definition) is 3. The van der Waals surface area contributed by atoms with Gasteiger partial charge in [-0.2, -0.15) is 5.26 Å². The molecule has 0 heterocycles. The highest BCUT2D eigenvalue weighted by molar-refractivity contribution is 6.06. The van der Waals surface area contributed by atoms with E-state index in [1.807, 2.05) is 52.0 Å². The molecular weight excluding hydrogens is 238 g/mol. The average molecular weight is 257 g/mol. The van der Waals surface area contributed by atoms with Gasteiger partial charge in [0.05, 0.1) is 0 Å². The van der Waals surface area contributed by atoms with Gasteiger partial charge in [-0.25, -0.2) is 0 Å². The number of nitrogens with zero attached hydrogens (tertiary/aromatic N) is 1. The van der Waals surface area contributed by atoms with E-state index >= 15 is 0 Å². The van der Waals surface area contributed by atoms with Gasteiger partial charge in [0.15, 0.2) is 0 Å². The normalized spacial score (nSPS) is 11.1. The molecule has 0 spiro atoms. The molecule has 1 amide bonds. The van der Waals surface area contributed by atoms with E-state index in [-0.39, 0.29) is 11.6 Å². The summed E-state index contributed by atoms with van der Waals surface area (Å²) in [4.78, 5) is 12.0. The van der Waals surface area contributed by atoms with Crippen LogP contribution in [-0.4, -0.2) is 11.9 Å². The van der Waals surface area contributed by atoms with Crippen molar-refractivity contribution in [1.82, 2.24) is 5.32 Å². The summed E-state index contributed by atoms with van der Waals surface area (Å²) >= 11 is 0. The van der Waals surface area contributed by atoms with Crippen molar-refractivity contribution in [3.63, 3.8) is 0 Å². The van der Waals surface area contributed by atoms with Crippen LogP contribution in [-0.2, 0) is 4.79 Å². The molecule has 0 aromatic heterocycles. The van der Waals surface area contributed by atoms with Gasteiger partial charge < -0.3 is 10.6 Å². The molecule has 1 aromatic rings. The van der Waals surface area contributed by atoms with E-state index in [4.69, 9.17) is 5.26 Å². The van der Waals surface area contributed by atoms with E-state index in [1.165, 1.54) is 6.20 Å². The minimum Gasteiger partial charge on any atom is -0.387 e. The van der Waals surface area contributed by atoms with Crippen molar-refractivity contribution in [3.8, 4) is 6.07 Å². The van der Waals surface area contributed by atoms with Crippen LogP contribution in [0.5, 0.6) is 0 Å². The van der Waals surface area contributed by atoms with Gasteiger partial charge in [0.1, 0.15) is 11.6 Å². The van der Waals surface area contributed by atoms with E-state index < -0.39 is 5.91 Å². The molecule has 19 heavy (non-hydrogen) atoms. The molecule has 4 nitrogen and oxygen atoms in total. The highest BCUT2D eigenvalue weighted by atomic mass is 16.1. The van der Waals surface area contributed by atoms with Crippen LogP contribution in [0.15, 0.2) is 30.0 Å². The average Bonchev–Trinajstić information content (AvgIpc) is 2.35. The van der Waals surface area contributed by atoms with Crippen molar-refractivity contribution in [2.24, 2.45) is 0 Å². The van der Waals surface area contributed by atoms with Crippen molar-refractivity contribution in [2.45, 2.75) is 33.7 Å². The number of hydrogen-bond donors (Lipinski definition) is 2. The number of anilines is 1. The molecule has 1 rings (SSSR count). The monoisotopic (exact) mass is 257 g/mol. The van der Waals surface area contributed by atoms with E-state index in [9.17, 15) is 4.79 Å². The van der Waals surface area contributed by atoms with E-state index in [1.54, 1.807) is 0 Å². The number of benzene rings is 1. The Labute approximate surface area is 114 Å². The van der Waals surface area contributed by atoms with Gasteiger partial charge in [0.25, 0.3) is 5.91 Å². The third kappa shape index (κ3) is 4.14. The summed E-state index contributed by atoms with van der Waals surface area (Å²) in [5.74, 6) is -0.399. The molecule has 100 valence electrons. The first-order valence-corrected chi connectivity index (χ1v) is 6.19. The Hall–Kier alpha value is -2.28. The summed E-state index contributed by atoms with van der Waals surface area (Å²) in [5, 5.41) is 14.7. The second-order valence-electron chi connectivity index (χ2n) is 4.69. The zero-order valence-electron chi connectivity index (χ0n) is 11.7. The van der Waals surface area contributed by atoms with Crippen molar-refractivity contribution < 1.29 is 4.79 Å². The molecule has 0 aliphatic carbocycles. The molecule has 0 saturated carbocycles. The smallest absolute Gasteiger partial charge is 0.267 e. The number of carbonyl (C=O) groups is 1. The Kier molecular flexibility index (Phi) is 5.13. The maximum Gasteiger partial charge on any atom is 0.267 e. The molecule has 0 radical (unpaired) electrons. The minimum atomic E-state index is -0.399. The summed E-state index contributed by atoms with van der Waals surface area (Å²) < 4.78 is 0. The minimum absolute atomic E-state index is 0.0645. The van der Waals surface area contributed by atoms with Crippen molar-refractivity contribution in [3.05, 3.63) is 41.1 Å². The summed E-state index contributed by atoms with van der Waals surface area (Å²) in [6, 6.07) is 7.75. The number of nitriles is 1. The lowest BCUT2D eigenvalue weighted by molar-refractivity contribution is -0.112. The van der Waals surface area contributed by atoms with E-state index in [2.05, 4.69) is 10.6 Å². The predicted octanol–water partition coefficient (Wildman–Crippen LogP) is 2.65. The summed E-state index contributed by atoms with van der Waals surface area (Å²) in [7, 11) is 0. The van der Waals surface area contributed by atoms with Gasteiger partial charge in [-0.3, -0.25) is 4.79 Å².